The van der Waals surface area contributed by atoms with Gasteiger partial charge in [0.2, 0.25) is 0 Å². The Hall–Kier alpha value is -2.34. The molecule has 1 saturated heterocycles. The fourth-order valence-electron chi connectivity index (χ4n) is 3.05. The Morgan fingerprint density at radius 3 is 1.85 bits per heavy atom. The van der Waals surface area contributed by atoms with Gasteiger partial charge in [0.15, 0.2) is 46.8 Å². The van der Waals surface area contributed by atoms with E-state index in [2.05, 4.69) is 9.47 Å². The molecule has 1 aliphatic heterocycles. The van der Waals surface area contributed by atoms with Crippen molar-refractivity contribution in [3.8, 4) is 11.5 Å². The van der Waals surface area contributed by atoms with Gasteiger partial charge in [-0.05, 0) is 17.7 Å². The van der Waals surface area contributed by atoms with E-state index < -0.39 is 53.1 Å². The normalized spacial score (nSPS) is 26.0. The Bertz CT molecular complexity index is 912. The largest absolute Gasteiger partial charge is 0.504 e. The van der Waals surface area contributed by atoms with Crippen LogP contribution in [-0.4, -0.2) is 70.8 Å². The zero-order valence-electron chi connectivity index (χ0n) is 14.6. The molecule has 27 heavy (non-hydrogen) atoms. The van der Waals surface area contributed by atoms with Crippen LogP contribution in [0.3, 0.4) is 0 Å². The van der Waals surface area contributed by atoms with E-state index >= 15 is 0 Å². The standard InChI is InChI=1S/C15H18O10S2/c1-23-10-6-8(4-5-9(10)16)11-12(14(17)24-2)26(19,20)7-27(21,22)13(11)15(18)25-3/h4-6,11-13,16H,7H2,1-3H3/t11?,12-,13+. The Balaban J connectivity index is 2.83. The van der Waals surface area contributed by atoms with Crippen LogP contribution in [0.2, 0.25) is 0 Å². The molecule has 1 aromatic rings. The maximum atomic E-state index is 12.5. The molecule has 0 amide bonds. The second-order valence-electron chi connectivity index (χ2n) is 5.79. The average Bonchev–Trinajstić information content (AvgIpc) is 2.58. The van der Waals surface area contributed by atoms with E-state index in [1.807, 2.05) is 0 Å². The number of methoxy groups -OCH3 is 3. The van der Waals surface area contributed by atoms with E-state index in [0.717, 1.165) is 26.4 Å². The fraction of sp³-hybridized carbons (Fsp3) is 0.467. The van der Waals surface area contributed by atoms with Gasteiger partial charge in [0, 0.05) is 5.92 Å². The van der Waals surface area contributed by atoms with Gasteiger partial charge in [-0.15, -0.1) is 0 Å². The van der Waals surface area contributed by atoms with Crippen molar-refractivity contribution < 1.29 is 45.7 Å². The lowest BCUT2D eigenvalue weighted by Crippen LogP contribution is -2.55. The Morgan fingerprint density at radius 1 is 0.963 bits per heavy atom. The summed E-state index contributed by atoms with van der Waals surface area (Å²) in [6.07, 6.45) is 0. The third kappa shape index (κ3) is 3.72. The minimum atomic E-state index is -4.52. The molecular formula is C15H18O10S2. The Labute approximate surface area is 155 Å². The molecule has 1 fully saturated rings. The lowest BCUT2D eigenvalue weighted by molar-refractivity contribution is -0.142. The van der Waals surface area contributed by atoms with Crippen molar-refractivity contribution in [2.75, 3.05) is 26.4 Å². The Morgan fingerprint density at radius 2 is 1.44 bits per heavy atom. The molecule has 1 N–H and O–H groups in total. The quantitative estimate of drug-likeness (QED) is 0.621. The van der Waals surface area contributed by atoms with E-state index in [-0.39, 0.29) is 17.1 Å². The number of benzene rings is 1. The van der Waals surface area contributed by atoms with Crippen molar-refractivity contribution in [2.24, 2.45) is 0 Å². The van der Waals surface area contributed by atoms with Gasteiger partial charge in [0.1, 0.15) is 0 Å². The number of hydrogen-bond acceptors (Lipinski definition) is 10. The van der Waals surface area contributed by atoms with Crippen molar-refractivity contribution in [3.05, 3.63) is 23.8 Å². The lowest BCUT2D eigenvalue weighted by atomic mass is 9.91. The van der Waals surface area contributed by atoms with Gasteiger partial charge in [-0.3, -0.25) is 9.59 Å². The number of rotatable bonds is 4. The first-order chi connectivity index (χ1) is 12.5. The summed E-state index contributed by atoms with van der Waals surface area (Å²) in [5.41, 5.74) is -0.0256. The van der Waals surface area contributed by atoms with E-state index in [4.69, 9.17) is 4.74 Å². The number of esters is 2. The van der Waals surface area contributed by atoms with Gasteiger partial charge in [-0.2, -0.15) is 0 Å². The van der Waals surface area contributed by atoms with Crippen molar-refractivity contribution in [1.82, 2.24) is 0 Å². The molecule has 2 rings (SSSR count). The minimum absolute atomic E-state index is 0.0256. The number of phenols is 1. The van der Waals surface area contributed by atoms with Crippen LogP contribution in [0.25, 0.3) is 0 Å². The van der Waals surface area contributed by atoms with E-state index in [0.29, 0.717) is 0 Å². The number of ether oxygens (including phenoxy) is 3. The molecule has 0 aliphatic carbocycles. The number of carbonyl (C=O) groups is 2. The van der Waals surface area contributed by atoms with Crippen molar-refractivity contribution in [3.63, 3.8) is 0 Å². The summed E-state index contributed by atoms with van der Waals surface area (Å²) in [4.78, 5) is 24.5. The van der Waals surface area contributed by atoms with Crippen molar-refractivity contribution in [1.29, 1.82) is 0 Å². The first-order valence-electron chi connectivity index (χ1n) is 7.46. The van der Waals surface area contributed by atoms with Gasteiger partial charge in [0.25, 0.3) is 0 Å². The molecule has 10 nitrogen and oxygen atoms in total. The predicted molar refractivity (Wildman–Crippen MR) is 91.7 cm³/mol. The molecule has 0 bridgehead atoms. The van der Waals surface area contributed by atoms with Crippen LogP contribution in [0, 0.1) is 0 Å². The van der Waals surface area contributed by atoms with Gasteiger partial charge < -0.3 is 19.3 Å². The van der Waals surface area contributed by atoms with Crippen LogP contribution >= 0.6 is 0 Å². The zero-order chi connectivity index (χ0) is 20.6. The topological polar surface area (TPSA) is 150 Å². The molecule has 12 heteroatoms. The molecule has 0 radical (unpaired) electrons. The number of phenolic OH excluding ortho intramolecular Hbond substituents is 1. The summed E-state index contributed by atoms with van der Waals surface area (Å²) in [6, 6.07) is 3.48. The zero-order valence-corrected chi connectivity index (χ0v) is 16.2. The molecule has 3 atom stereocenters. The molecule has 1 heterocycles. The number of carbonyl (C=O) groups excluding carboxylic acids is 2. The number of hydrogen-bond donors (Lipinski definition) is 1. The maximum absolute atomic E-state index is 12.5. The minimum Gasteiger partial charge on any atom is -0.504 e. The van der Waals surface area contributed by atoms with Crippen LogP contribution in [-0.2, 0) is 38.7 Å². The molecule has 0 spiro atoms. The maximum Gasteiger partial charge on any atom is 0.324 e. The van der Waals surface area contributed by atoms with E-state index in [1.165, 1.54) is 13.2 Å². The summed E-state index contributed by atoms with van der Waals surface area (Å²) in [5.74, 6) is -4.47. The summed E-state index contributed by atoms with van der Waals surface area (Å²) in [6.45, 7) is 0. The third-order valence-corrected chi connectivity index (χ3v) is 9.36. The fourth-order valence-corrected chi connectivity index (χ4v) is 8.46. The first-order valence-corrected chi connectivity index (χ1v) is 10.9. The van der Waals surface area contributed by atoms with E-state index in [9.17, 15) is 31.5 Å². The van der Waals surface area contributed by atoms with Crippen molar-refractivity contribution >= 4 is 31.6 Å². The molecule has 150 valence electrons. The highest BCUT2D eigenvalue weighted by Crippen LogP contribution is 2.41. The molecular weight excluding hydrogens is 404 g/mol. The highest BCUT2D eigenvalue weighted by Gasteiger charge is 2.58. The summed E-state index contributed by atoms with van der Waals surface area (Å²) < 4.78 is 64.2. The SMILES string of the molecule is COC(=O)[C@@H]1C(c2ccc(O)c(OC)c2)[C@H](C(=O)OC)S(=O)(=O)CS1(=O)=O. The highest BCUT2D eigenvalue weighted by molar-refractivity contribution is 8.10. The smallest absolute Gasteiger partial charge is 0.324 e. The summed E-state index contributed by atoms with van der Waals surface area (Å²) in [5, 5.41) is 4.43. The predicted octanol–water partition coefficient (Wildman–Crippen LogP) is -0.632. The molecule has 0 aromatic heterocycles. The molecule has 0 saturated carbocycles. The van der Waals surface area contributed by atoms with Crippen LogP contribution in [0.4, 0.5) is 0 Å². The summed E-state index contributed by atoms with van der Waals surface area (Å²) >= 11 is 0. The van der Waals surface area contributed by atoms with Crippen LogP contribution in [0.1, 0.15) is 11.5 Å². The van der Waals surface area contributed by atoms with Crippen LogP contribution in [0.5, 0.6) is 11.5 Å². The average molecular weight is 422 g/mol. The van der Waals surface area contributed by atoms with Crippen LogP contribution in [0.15, 0.2) is 18.2 Å². The molecule has 1 aromatic carbocycles. The van der Waals surface area contributed by atoms with Gasteiger partial charge >= 0.3 is 11.9 Å². The van der Waals surface area contributed by atoms with Gasteiger partial charge in [-0.1, -0.05) is 6.07 Å². The lowest BCUT2D eigenvalue weighted by Gasteiger charge is -2.34. The molecule has 1 unspecified atom stereocenters. The third-order valence-electron chi connectivity index (χ3n) is 4.21. The number of aromatic hydroxyl groups is 1. The highest BCUT2D eigenvalue weighted by atomic mass is 32.3. The monoisotopic (exact) mass is 422 g/mol. The Kier molecular flexibility index (Phi) is 5.71. The second-order valence-corrected chi connectivity index (χ2v) is 10.4. The van der Waals surface area contributed by atoms with Crippen LogP contribution < -0.4 is 4.74 Å². The van der Waals surface area contributed by atoms with Crippen molar-refractivity contribution in [2.45, 2.75) is 16.4 Å². The first kappa shape index (κ1) is 21.0. The van der Waals surface area contributed by atoms with Gasteiger partial charge in [0.05, 0.1) is 21.3 Å². The van der Waals surface area contributed by atoms with Gasteiger partial charge in [-0.25, -0.2) is 16.8 Å². The summed E-state index contributed by atoms with van der Waals surface area (Å²) in [7, 11) is -5.92. The van der Waals surface area contributed by atoms with E-state index in [1.54, 1.807) is 0 Å². The second kappa shape index (κ2) is 7.35. The molecule has 1 aliphatic rings. The number of sulfone groups is 2.